The van der Waals surface area contributed by atoms with Crippen molar-refractivity contribution in [3.05, 3.63) is 24.3 Å². The van der Waals surface area contributed by atoms with E-state index in [9.17, 15) is 24.0 Å². The van der Waals surface area contributed by atoms with Crippen LogP contribution in [0.25, 0.3) is 0 Å². The molecule has 36 heavy (non-hydrogen) atoms. The molecule has 0 aromatic carbocycles. The van der Waals surface area contributed by atoms with Gasteiger partial charge in [-0.05, 0) is 47.0 Å². The van der Waals surface area contributed by atoms with Crippen molar-refractivity contribution >= 4 is 29.7 Å². The molecule has 4 unspecified atom stereocenters. The number of hydrogen-bond donors (Lipinski definition) is 2. The van der Waals surface area contributed by atoms with E-state index in [4.69, 9.17) is 9.47 Å². The summed E-state index contributed by atoms with van der Waals surface area (Å²) in [6.45, 7) is 6.75. The second kappa shape index (κ2) is 11.3. The van der Waals surface area contributed by atoms with Crippen LogP contribution < -0.4 is 10.6 Å². The minimum absolute atomic E-state index is 0.144. The number of fused-ring (bicyclic) bond motifs is 2. The van der Waals surface area contributed by atoms with E-state index in [0.29, 0.717) is 12.8 Å². The highest BCUT2D eigenvalue weighted by atomic mass is 16.6. The lowest BCUT2D eigenvalue weighted by molar-refractivity contribution is -0.154. The SMILES string of the molecule is CCOC(=O)C12C=CC1C=CCCCCCC(NC(=O)OC(C)(C)C)C(=O)N1CC(=O)CC1C(=O)N2. The minimum atomic E-state index is -1.39. The number of esters is 1. The molecule has 198 valence electrons. The number of carbonyl (C=O) groups is 5. The second-order valence-corrected chi connectivity index (χ2v) is 10.5. The first kappa shape index (κ1) is 27.4. The molecular weight excluding hydrogens is 466 g/mol. The Morgan fingerprint density at radius 1 is 1.17 bits per heavy atom. The van der Waals surface area contributed by atoms with Gasteiger partial charge in [0.25, 0.3) is 0 Å². The van der Waals surface area contributed by atoms with E-state index in [2.05, 4.69) is 10.6 Å². The number of nitrogens with one attached hydrogen (secondary N) is 2. The molecule has 0 spiro atoms. The van der Waals surface area contributed by atoms with Crippen molar-refractivity contribution in [1.82, 2.24) is 15.5 Å². The zero-order valence-electron chi connectivity index (χ0n) is 21.5. The van der Waals surface area contributed by atoms with Gasteiger partial charge in [-0.15, -0.1) is 0 Å². The molecule has 1 aliphatic carbocycles. The molecule has 0 aromatic heterocycles. The topological polar surface area (TPSA) is 131 Å². The molecule has 3 aliphatic rings. The maximum Gasteiger partial charge on any atom is 0.408 e. The smallest absolute Gasteiger partial charge is 0.408 e. The largest absolute Gasteiger partial charge is 0.464 e. The van der Waals surface area contributed by atoms with Gasteiger partial charge in [0.1, 0.15) is 17.7 Å². The lowest BCUT2D eigenvalue weighted by Crippen LogP contribution is -2.65. The van der Waals surface area contributed by atoms with Crippen LogP contribution in [0.15, 0.2) is 24.3 Å². The Kier molecular flexibility index (Phi) is 8.58. The van der Waals surface area contributed by atoms with E-state index >= 15 is 0 Å². The van der Waals surface area contributed by atoms with Crippen LogP contribution in [-0.4, -0.2) is 70.9 Å². The van der Waals surface area contributed by atoms with Crippen molar-refractivity contribution < 1.29 is 33.4 Å². The van der Waals surface area contributed by atoms with Crippen LogP contribution in [0.5, 0.6) is 0 Å². The monoisotopic (exact) mass is 503 g/mol. The molecule has 10 nitrogen and oxygen atoms in total. The zero-order valence-corrected chi connectivity index (χ0v) is 21.5. The minimum Gasteiger partial charge on any atom is -0.464 e. The third-order valence-electron chi connectivity index (χ3n) is 6.46. The number of ether oxygens (including phenoxy) is 2. The van der Waals surface area contributed by atoms with Crippen LogP contribution in [0.4, 0.5) is 4.79 Å². The lowest BCUT2D eigenvalue weighted by atomic mass is 9.73. The summed E-state index contributed by atoms with van der Waals surface area (Å²) in [7, 11) is 0. The van der Waals surface area contributed by atoms with Crippen LogP contribution in [0.1, 0.15) is 66.2 Å². The predicted octanol–water partition coefficient (Wildman–Crippen LogP) is 2.17. The molecule has 1 saturated heterocycles. The summed E-state index contributed by atoms with van der Waals surface area (Å²) < 4.78 is 10.6. The van der Waals surface area contributed by atoms with Crippen molar-refractivity contribution in [2.75, 3.05) is 13.2 Å². The molecule has 2 N–H and O–H groups in total. The number of allylic oxidation sites excluding steroid dienone is 1. The Morgan fingerprint density at radius 2 is 1.92 bits per heavy atom. The van der Waals surface area contributed by atoms with E-state index in [1.807, 2.05) is 18.2 Å². The van der Waals surface area contributed by atoms with Crippen LogP contribution in [0.3, 0.4) is 0 Å². The van der Waals surface area contributed by atoms with Crippen LogP contribution in [0, 0.1) is 5.92 Å². The van der Waals surface area contributed by atoms with Crippen molar-refractivity contribution in [3.63, 3.8) is 0 Å². The molecule has 3 amide bonds. The summed E-state index contributed by atoms with van der Waals surface area (Å²) in [4.78, 5) is 65.9. The molecule has 0 saturated carbocycles. The van der Waals surface area contributed by atoms with E-state index in [1.165, 1.54) is 4.90 Å². The maximum atomic E-state index is 13.5. The number of alkyl carbamates (subject to hydrolysis) is 1. The molecule has 3 rings (SSSR count). The van der Waals surface area contributed by atoms with Crippen molar-refractivity contribution in [2.24, 2.45) is 5.92 Å². The molecule has 2 heterocycles. The number of hydrogen-bond acceptors (Lipinski definition) is 7. The van der Waals surface area contributed by atoms with E-state index < -0.39 is 53.0 Å². The summed E-state index contributed by atoms with van der Waals surface area (Å²) in [5, 5.41) is 5.41. The number of carbonyl (C=O) groups excluding carboxylic acids is 5. The molecular formula is C26H37N3O7. The molecule has 0 aromatic rings. The number of ketones is 1. The Balaban J connectivity index is 1.89. The van der Waals surface area contributed by atoms with Gasteiger partial charge in [-0.1, -0.05) is 37.1 Å². The van der Waals surface area contributed by atoms with Gasteiger partial charge in [0.05, 0.1) is 13.2 Å². The summed E-state index contributed by atoms with van der Waals surface area (Å²) in [6.07, 6.45) is 9.79. The number of amides is 3. The van der Waals surface area contributed by atoms with Crippen molar-refractivity contribution in [2.45, 2.75) is 89.4 Å². The first-order chi connectivity index (χ1) is 17.0. The standard InChI is InChI=1S/C26H37N3O7/c1-5-35-23(33)26-14-13-17(26)11-9-7-6-8-10-12-19(27-24(34)36-25(2,3)4)22(32)29-16-18(30)15-20(29)21(31)28-26/h9,11,13-14,17,19-20H,5-8,10,12,15-16H2,1-4H3,(H,27,34)(H,28,31). The number of rotatable bonds is 3. The average Bonchev–Trinajstić information content (AvgIpc) is 3.17. The normalized spacial score (nSPS) is 29.2. The van der Waals surface area contributed by atoms with Gasteiger partial charge >= 0.3 is 12.1 Å². The van der Waals surface area contributed by atoms with Gasteiger partial charge in [0.15, 0.2) is 11.3 Å². The summed E-state index contributed by atoms with van der Waals surface area (Å²) in [5.41, 5.74) is -2.14. The highest BCUT2D eigenvalue weighted by Crippen LogP contribution is 2.34. The van der Waals surface area contributed by atoms with Gasteiger partial charge in [0, 0.05) is 12.3 Å². The Morgan fingerprint density at radius 3 is 2.56 bits per heavy atom. The molecule has 4 atom stereocenters. The van der Waals surface area contributed by atoms with Crippen molar-refractivity contribution in [1.29, 1.82) is 0 Å². The zero-order chi connectivity index (χ0) is 26.5. The first-order valence-corrected chi connectivity index (χ1v) is 12.6. The number of nitrogens with zero attached hydrogens (tertiary/aromatic N) is 1. The van der Waals surface area contributed by atoms with E-state index in [1.54, 1.807) is 33.8 Å². The fourth-order valence-corrected chi connectivity index (χ4v) is 4.63. The Hall–Kier alpha value is -3.17. The van der Waals surface area contributed by atoms with Crippen LogP contribution >= 0.6 is 0 Å². The van der Waals surface area contributed by atoms with Gasteiger partial charge < -0.3 is 25.0 Å². The fourth-order valence-electron chi connectivity index (χ4n) is 4.63. The molecule has 2 aliphatic heterocycles. The van der Waals surface area contributed by atoms with Crippen LogP contribution in [0.2, 0.25) is 0 Å². The highest BCUT2D eigenvalue weighted by Gasteiger charge is 2.52. The predicted molar refractivity (Wildman–Crippen MR) is 131 cm³/mol. The third kappa shape index (κ3) is 6.33. The summed E-state index contributed by atoms with van der Waals surface area (Å²) in [6, 6.07) is -2.04. The van der Waals surface area contributed by atoms with E-state index in [0.717, 1.165) is 19.3 Å². The molecule has 10 heteroatoms. The Labute approximate surface area is 211 Å². The van der Waals surface area contributed by atoms with Gasteiger partial charge in [0.2, 0.25) is 11.8 Å². The molecule has 1 fully saturated rings. The second-order valence-electron chi connectivity index (χ2n) is 10.5. The van der Waals surface area contributed by atoms with Gasteiger partial charge in [-0.2, -0.15) is 0 Å². The summed E-state index contributed by atoms with van der Waals surface area (Å²) >= 11 is 0. The third-order valence-corrected chi connectivity index (χ3v) is 6.46. The first-order valence-electron chi connectivity index (χ1n) is 12.6. The van der Waals surface area contributed by atoms with Gasteiger partial charge in [-0.25, -0.2) is 9.59 Å². The number of Topliss-reactive ketones (excluding diaryl/α,β-unsaturated/α-hetero) is 1. The molecule has 0 bridgehead atoms. The molecule has 0 radical (unpaired) electrons. The summed E-state index contributed by atoms with van der Waals surface area (Å²) in [5.74, 6) is -2.40. The quantitative estimate of drug-likeness (QED) is 0.446. The highest BCUT2D eigenvalue weighted by molar-refractivity contribution is 6.02. The van der Waals surface area contributed by atoms with Gasteiger partial charge in [-0.3, -0.25) is 14.4 Å². The van der Waals surface area contributed by atoms with Crippen LogP contribution in [-0.2, 0) is 28.7 Å². The lowest BCUT2D eigenvalue weighted by Gasteiger charge is -2.41. The average molecular weight is 504 g/mol. The van der Waals surface area contributed by atoms with Crippen molar-refractivity contribution in [3.8, 4) is 0 Å². The maximum absolute atomic E-state index is 13.5. The Bertz CT molecular complexity index is 952. The van der Waals surface area contributed by atoms with E-state index in [-0.39, 0.29) is 25.4 Å². The fraction of sp³-hybridized carbons (Fsp3) is 0.654.